The number of hydrogen-bond acceptors (Lipinski definition) is 9. The van der Waals surface area contributed by atoms with Gasteiger partial charge in [-0.2, -0.15) is 0 Å². The number of allylic oxidation sites excluding steroid dienone is 1. The molecule has 2 aromatic heterocycles. The van der Waals surface area contributed by atoms with Crippen molar-refractivity contribution >= 4 is 28.4 Å². The van der Waals surface area contributed by atoms with E-state index in [0.29, 0.717) is 16.4 Å². The van der Waals surface area contributed by atoms with Crippen LogP contribution in [0.4, 0.5) is 5.13 Å². The lowest BCUT2D eigenvalue weighted by Crippen LogP contribution is -2.66. The van der Waals surface area contributed by atoms with Gasteiger partial charge in [-0.05, 0) is 45.4 Å². The van der Waals surface area contributed by atoms with Gasteiger partial charge in [0.25, 0.3) is 0 Å². The van der Waals surface area contributed by atoms with Gasteiger partial charge in [0.2, 0.25) is 0 Å². The van der Waals surface area contributed by atoms with Crippen LogP contribution in [0, 0.1) is 0 Å². The van der Waals surface area contributed by atoms with Gasteiger partial charge in [0.15, 0.2) is 10.7 Å². The first kappa shape index (κ1) is 25.4. The molecule has 0 radical (unpaired) electrons. The topological polar surface area (TPSA) is 102 Å². The van der Waals surface area contributed by atoms with E-state index in [9.17, 15) is 9.59 Å². The number of nitrogens with zero attached hydrogens (tertiary/aromatic N) is 2. The number of carbonyl (C=O) groups excluding carboxylic acids is 2. The zero-order valence-corrected chi connectivity index (χ0v) is 21.6. The van der Waals surface area contributed by atoms with E-state index in [2.05, 4.69) is 15.6 Å². The Morgan fingerprint density at radius 1 is 1.08 bits per heavy atom. The first-order chi connectivity index (χ1) is 17.4. The lowest BCUT2D eigenvalue weighted by atomic mass is 9.68. The first-order valence-corrected chi connectivity index (χ1v) is 12.8. The SMILES string of the molecule is CCOC(=O)C1=C(C)NC(C)C(Nc2nc(-c3ccncc3)cs2)(C(=O)OCC)C1c1ccccc1. The molecule has 1 aliphatic rings. The number of aromatic nitrogens is 2. The second-order valence-electron chi connectivity index (χ2n) is 8.46. The van der Waals surface area contributed by atoms with E-state index in [1.54, 1.807) is 26.2 Å². The molecule has 3 unspecified atom stereocenters. The van der Waals surface area contributed by atoms with Crippen molar-refractivity contribution in [3.63, 3.8) is 0 Å². The fourth-order valence-corrected chi connectivity index (χ4v) is 5.50. The number of benzene rings is 1. The number of rotatable bonds is 8. The van der Waals surface area contributed by atoms with Gasteiger partial charge in [-0.15, -0.1) is 11.3 Å². The number of thiazole rings is 1. The molecule has 1 aromatic carbocycles. The second kappa shape index (κ2) is 10.9. The number of hydrogen-bond donors (Lipinski definition) is 2. The third-order valence-corrected chi connectivity index (χ3v) is 7.06. The van der Waals surface area contributed by atoms with Crippen molar-refractivity contribution in [3.05, 3.63) is 77.1 Å². The van der Waals surface area contributed by atoms with E-state index < -0.39 is 29.4 Å². The zero-order valence-electron chi connectivity index (χ0n) is 20.8. The summed E-state index contributed by atoms with van der Waals surface area (Å²) in [7, 11) is 0. The highest BCUT2D eigenvalue weighted by atomic mass is 32.1. The van der Waals surface area contributed by atoms with Gasteiger partial charge in [-0.25, -0.2) is 14.6 Å². The lowest BCUT2D eigenvalue weighted by molar-refractivity contribution is -0.151. The van der Waals surface area contributed by atoms with Gasteiger partial charge in [0.05, 0.1) is 36.4 Å². The summed E-state index contributed by atoms with van der Waals surface area (Å²) in [5.41, 5.74) is 2.12. The normalized spacial score (nSPS) is 21.4. The minimum absolute atomic E-state index is 0.189. The average Bonchev–Trinajstić information content (AvgIpc) is 3.35. The summed E-state index contributed by atoms with van der Waals surface area (Å²) in [6, 6.07) is 12.8. The predicted octanol–water partition coefficient (Wildman–Crippen LogP) is 4.53. The van der Waals surface area contributed by atoms with E-state index >= 15 is 0 Å². The van der Waals surface area contributed by atoms with Crippen molar-refractivity contribution in [2.45, 2.75) is 45.2 Å². The quantitative estimate of drug-likeness (QED) is 0.430. The molecule has 188 valence electrons. The van der Waals surface area contributed by atoms with E-state index in [0.717, 1.165) is 16.8 Å². The molecule has 8 nitrogen and oxygen atoms in total. The maximum atomic E-state index is 13.9. The molecule has 2 N–H and O–H groups in total. The number of esters is 2. The third-order valence-electron chi connectivity index (χ3n) is 6.30. The number of anilines is 1. The molecular formula is C27H30N4O4S. The van der Waals surface area contributed by atoms with Gasteiger partial charge in [-0.3, -0.25) is 4.98 Å². The van der Waals surface area contributed by atoms with E-state index in [4.69, 9.17) is 14.5 Å². The highest BCUT2D eigenvalue weighted by Crippen LogP contribution is 2.45. The van der Waals surface area contributed by atoms with E-state index in [-0.39, 0.29) is 13.2 Å². The first-order valence-electron chi connectivity index (χ1n) is 11.9. The Morgan fingerprint density at radius 3 is 2.44 bits per heavy atom. The van der Waals surface area contributed by atoms with Crippen LogP contribution in [0.5, 0.6) is 0 Å². The fraction of sp³-hybridized carbons (Fsp3) is 0.333. The Hall–Kier alpha value is -3.72. The number of pyridine rings is 1. The van der Waals surface area contributed by atoms with Crippen LogP contribution in [-0.4, -0.2) is 46.7 Å². The summed E-state index contributed by atoms with van der Waals surface area (Å²) in [6.45, 7) is 7.67. The molecule has 3 atom stereocenters. The summed E-state index contributed by atoms with van der Waals surface area (Å²) in [5.74, 6) is -1.65. The summed E-state index contributed by atoms with van der Waals surface area (Å²) in [6.07, 6.45) is 3.42. The third kappa shape index (κ3) is 4.70. The van der Waals surface area contributed by atoms with Crippen molar-refractivity contribution in [2.75, 3.05) is 18.5 Å². The molecule has 0 fully saturated rings. The molecule has 0 spiro atoms. The Morgan fingerprint density at radius 2 is 1.78 bits per heavy atom. The molecule has 3 heterocycles. The van der Waals surface area contributed by atoms with E-state index in [1.165, 1.54) is 11.3 Å². The van der Waals surface area contributed by atoms with Gasteiger partial charge in [-0.1, -0.05) is 30.3 Å². The molecule has 0 aliphatic carbocycles. The number of carbonyl (C=O) groups is 2. The van der Waals surface area contributed by atoms with Crippen LogP contribution in [0.2, 0.25) is 0 Å². The monoisotopic (exact) mass is 506 g/mol. The fourth-order valence-electron chi connectivity index (χ4n) is 4.71. The molecule has 9 heteroatoms. The molecule has 0 amide bonds. The molecule has 4 rings (SSSR count). The Balaban J connectivity index is 1.89. The van der Waals surface area contributed by atoms with Crippen LogP contribution in [0.15, 0.2) is 71.5 Å². The Labute approximate surface area is 214 Å². The molecule has 0 bridgehead atoms. The Kier molecular flexibility index (Phi) is 7.69. The summed E-state index contributed by atoms with van der Waals surface area (Å²) in [5, 5.41) is 9.22. The number of ether oxygens (including phenoxy) is 2. The maximum Gasteiger partial charge on any atom is 0.336 e. The molecule has 0 saturated heterocycles. The second-order valence-corrected chi connectivity index (χ2v) is 9.32. The standard InChI is InChI=1S/C27H30N4O4S/c1-5-34-24(32)22-17(3)29-18(4)27(25(33)35-6-2,23(22)20-10-8-7-9-11-20)31-26-30-21(16-36-26)19-12-14-28-15-13-19/h7-16,18,23,29H,5-6H2,1-4H3,(H,30,31). The number of nitrogens with one attached hydrogen (secondary N) is 2. The van der Waals surface area contributed by atoms with Crippen molar-refractivity contribution in [1.82, 2.24) is 15.3 Å². The molecule has 3 aromatic rings. The van der Waals surface area contributed by atoms with Crippen LogP contribution in [0.1, 0.15) is 39.2 Å². The highest BCUT2D eigenvalue weighted by molar-refractivity contribution is 7.14. The summed E-state index contributed by atoms with van der Waals surface area (Å²) in [4.78, 5) is 36.0. The van der Waals surface area contributed by atoms with Gasteiger partial charge in [0, 0.05) is 29.0 Å². The summed E-state index contributed by atoms with van der Waals surface area (Å²) >= 11 is 1.38. The molecule has 1 aliphatic heterocycles. The smallest absolute Gasteiger partial charge is 0.336 e. The van der Waals surface area contributed by atoms with Gasteiger partial charge in [0.1, 0.15) is 0 Å². The summed E-state index contributed by atoms with van der Waals surface area (Å²) < 4.78 is 11.1. The zero-order chi connectivity index (χ0) is 25.7. The van der Waals surface area contributed by atoms with Crippen molar-refractivity contribution in [2.24, 2.45) is 0 Å². The highest BCUT2D eigenvalue weighted by Gasteiger charge is 2.58. The predicted molar refractivity (Wildman–Crippen MR) is 139 cm³/mol. The maximum absolute atomic E-state index is 13.9. The van der Waals surface area contributed by atoms with E-state index in [1.807, 2.05) is 61.7 Å². The molecule has 36 heavy (non-hydrogen) atoms. The van der Waals surface area contributed by atoms with Crippen LogP contribution in [-0.2, 0) is 19.1 Å². The average molecular weight is 507 g/mol. The van der Waals surface area contributed by atoms with Gasteiger partial charge < -0.3 is 20.1 Å². The van der Waals surface area contributed by atoms with Gasteiger partial charge >= 0.3 is 11.9 Å². The van der Waals surface area contributed by atoms with Crippen LogP contribution >= 0.6 is 11.3 Å². The van der Waals surface area contributed by atoms with Crippen LogP contribution in [0.3, 0.4) is 0 Å². The minimum Gasteiger partial charge on any atom is -0.464 e. The Bertz CT molecular complexity index is 1240. The van der Waals surface area contributed by atoms with Crippen molar-refractivity contribution in [1.29, 1.82) is 0 Å². The largest absolute Gasteiger partial charge is 0.464 e. The van der Waals surface area contributed by atoms with Crippen LogP contribution < -0.4 is 10.6 Å². The van der Waals surface area contributed by atoms with Crippen molar-refractivity contribution < 1.29 is 19.1 Å². The minimum atomic E-state index is -1.38. The lowest BCUT2D eigenvalue weighted by Gasteiger charge is -2.48. The molecular weight excluding hydrogens is 476 g/mol. The van der Waals surface area contributed by atoms with Crippen LogP contribution in [0.25, 0.3) is 11.3 Å². The van der Waals surface area contributed by atoms with Crippen molar-refractivity contribution in [3.8, 4) is 11.3 Å². The molecule has 0 saturated carbocycles.